The van der Waals surface area contributed by atoms with Crippen molar-refractivity contribution in [2.45, 2.75) is 37.8 Å². The van der Waals surface area contributed by atoms with E-state index in [1.807, 2.05) is 27.8 Å². The Hall–Kier alpha value is -2.88. The van der Waals surface area contributed by atoms with Crippen LogP contribution in [-0.2, 0) is 23.8 Å². The molecule has 1 saturated heterocycles. The average Bonchev–Trinajstić information content (AvgIpc) is 3.55. The molecular weight excluding hydrogens is 495 g/mol. The average molecular weight is 521 g/mol. The Morgan fingerprint density at radius 3 is 2.69 bits per heavy atom. The molecule has 2 aromatic heterocycles. The van der Waals surface area contributed by atoms with Gasteiger partial charge in [-0.25, -0.2) is 14.8 Å². The molecule has 2 atom stereocenters. The van der Waals surface area contributed by atoms with Gasteiger partial charge in [0.15, 0.2) is 0 Å². The number of carbonyl (C=O) groups excluding carboxylic acids is 2. The monoisotopic (exact) mass is 520 g/mol. The lowest BCUT2D eigenvalue weighted by molar-refractivity contribution is -0.142. The number of halogens is 2. The topological polar surface area (TPSA) is 95.8 Å². The fourth-order valence-corrected chi connectivity index (χ4v) is 4.77. The lowest BCUT2D eigenvalue weighted by Gasteiger charge is -2.31. The minimum absolute atomic E-state index is 0.0317. The van der Waals surface area contributed by atoms with Crippen LogP contribution in [0.3, 0.4) is 0 Å². The summed E-state index contributed by atoms with van der Waals surface area (Å²) in [5.74, 6) is -0.0682. The summed E-state index contributed by atoms with van der Waals surface area (Å²) in [7, 11) is 2.73. The first-order valence-electron chi connectivity index (χ1n) is 11.2. The summed E-state index contributed by atoms with van der Waals surface area (Å²) >= 11 is 12.9. The molecule has 3 aromatic rings. The summed E-state index contributed by atoms with van der Waals surface area (Å²) in [6.07, 6.45) is 7.40. The predicted molar refractivity (Wildman–Crippen MR) is 132 cm³/mol. The smallest absolute Gasteiger partial charge is 0.328 e. The van der Waals surface area contributed by atoms with Crippen LogP contribution in [0.1, 0.15) is 25.7 Å². The van der Waals surface area contributed by atoms with Crippen molar-refractivity contribution >= 4 is 51.9 Å². The molecule has 9 nitrogen and oxygen atoms in total. The molecule has 186 valence electrons. The molecule has 3 heterocycles. The molecule has 1 aliphatic rings. The first-order chi connectivity index (χ1) is 16.9. The summed E-state index contributed by atoms with van der Waals surface area (Å²) in [5, 5.41) is 1.53. The van der Waals surface area contributed by atoms with Crippen LogP contribution in [0.5, 0.6) is 0 Å². The van der Waals surface area contributed by atoms with Crippen LogP contribution in [0.2, 0.25) is 10.0 Å². The van der Waals surface area contributed by atoms with E-state index in [0.29, 0.717) is 40.8 Å². The van der Waals surface area contributed by atoms with Crippen LogP contribution in [0.25, 0.3) is 16.6 Å². The fraction of sp³-hybridized carbons (Fsp3) is 0.417. The van der Waals surface area contributed by atoms with E-state index in [1.54, 1.807) is 18.6 Å². The summed E-state index contributed by atoms with van der Waals surface area (Å²) < 4.78 is 17.2. The lowest BCUT2D eigenvalue weighted by atomic mass is 10.1. The van der Waals surface area contributed by atoms with Gasteiger partial charge < -0.3 is 23.7 Å². The predicted octanol–water partition coefficient (Wildman–Crippen LogP) is 4.21. The molecule has 0 spiro atoms. The van der Waals surface area contributed by atoms with Gasteiger partial charge in [-0.05, 0) is 31.4 Å². The van der Waals surface area contributed by atoms with Crippen molar-refractivity contribution in [2.75, 3.05) is 32.3 Å². The second kappa shape index (κ2) is 11.2. The minimum Gasteiger partial charge on any atom is -0.469 e. The minimum atomic E-state index is -0.501. The van der Waals surface area contributed by atoms with Crippen LogP contribution < -0.4 is 4.90 Å². The van der Waals surface area contributed by atoms with Gasteiger partial charge in [0, 0.05) is 36.5 Å². The van der Waals surface area contributed by atoms with Crippen LogP contribution in [0.15, 0.2) is 36.9 Å². The Kier molecular flexibility index (Phi) is 8.10. The Morgan fingerprint density at radius 1 is 1.14 bits per heavy atom. The third-order valence-electron chi connectivity index (χ3n) is 6.13. The van der Waals surface area contributed by atoms with Crippen LogP contribution >= 0.6 is 23.2 Å². The van der Waals surface area contributed by atoms with Crippen molar-refractivity contribution < 1.29 is 23.8 Å². The number of imidazole rings is 1. The number of aromatic nitrogens is 3. The highest BCUT2D eigenvalue weighted by molar-refractivity contribution is 6.45. The molecule has 0 bridgehead atoms. The number of benzene rings is 1. The number of rotatable bonds is 9. The molecule has 0 unspecified atom stereocenters. The van der Waals surface area contributed by atoms with Crippen molar-refractivity contribution in [1.29, 1.82) is 0 Å². The van der Waals surface area contributed by atoms with E-state index in [0.717, 1.165) is 17.5 Å². The maximum Gasteiger partial charge on any atom is 0.328 e. The number of esters is 2. The number of ether oxygens (including phenoxy) is 3. The number of fused-ring (bicyclic) bond motifs is 1. The number of nitrogens with zero attached hydrogens (tertiary/aromatic N) is 4. The zero-order valence-electron chi connectivity index (χ0n) is 19.4. The number of hydrogen-bond acceptors (Lipinski definition) is 8. The first kappa shape index (κ1) is 25.2. The van der Waals surface area contributed by atoms with Crippen LogP contribution in [0.4, 0.5) is 5.82 Å². The first-order valence-corrected chi connectivity index (χ1v) is 12.0. The van der Waals surface area contributed by atoms with Crippen LogP contribution in [0, 0.1) is 0 Å². The quantitative estimate of drug-likeness (QED) is 0.305. The summed E-state index contributed by atoms with van der Waals surface area (Å²) in [6.45, 7) is 0.688. The standard InChI is InChI=1S/C24H26Cl2N4O5/c1-33-21(31)8-12-35-11-7-15-3-6-18(24(32)34-2)30(15)20-13-19(29-10-9-27-14-29)16-4-5-17(25)22(26)23(16)28-20/h4-5,9-10,13-15,18H,3,6-8,11-12H2,1-2H3/t15-,18-/m0/s1. The molecule has 0 saturated carbocycles. The SMILES string of the molecule is COC(=O)CCOCC[C@@H]1CC[C@@H](C(=O)OC)N1c1cc(-n2ccnc2)c2ccc(Cl)c(Cl)c2n1. The second-order valence-corrected chi connectivity index (χ2v) is 8.92. The van der Waals surface area contributed by atoms with Crippen molar-refractivity contribution in [3.8, 4) is 5.69 Å². The number of hydrogen-bond donors (Lipinski definition) is 0. The molecule has 35 heavy (non-hydrogen) atoms. The third kappa shape index (κ3) is 5.37. The Balaban J connectivity index is 1.69. The van der Waals surface area contributed by atoms with Crippen molar-refractivity contribution in [3.05, 3.63) is 47.0 Å². The molecule has 0 aliphatic carbocycles. The van der Waals surface area contributed by atoms with E-state index in [9.17, 15) is 9.59 Å². The van der Waals surface area contributed by atoms with E-state index in [1.165, 1.54) is 14.2 Å². The highest BCUT2D eigenvalue weighted by atomic mass is 35.5. The zero-order chi connectivity index (χ0) is 24.9. The number of carbonyl (C=O) groups is 2. The van der Waals surface area contributed by atoms with Crippen molar-refractivity contribution in [2.24, 2.45) is 0 Å². The second-order valence-electron chi connectivity index (χ2n) is 8.13. The fourth-order valence-electron chi connectivity index (χ4n) is 4.41. The van der Waals surface area contributed by atoms with Gasteiger partial charge in [0.1, 0.15) is 11.9 Å². The molecule has 1 aliphatic heterocycles. The summed E-state index contributed by atoms with van der Waals surface area (Å²) in [4.78, 5) is 35.0. The van der Waals surface area contributed by atoms with Gasteiger partial charge in [0.2, 0.25) is 0 Å². The summed E-state index contributed by atoms with van der Waals surface area (Å²) in [6, 6.07) is 4.98. The zero-order valence-corrected chi connectivity index (χ0v) is 21.0. The normalized spacial score (nSPS) is 17.7. The Labute approximate surface area is 212 Å². The highest BCUT2D eigenvalue weighted by Crippen LogP contribution is 2.38. The highest BCUT2D eigenvalue weighted by Gasteiger charge is 2.39. The number of pyridine rings is 1. The van der Waals surface area contributed by atoms with Gasteiger partial charge in [-0.15, -0.1) is 0 Å². The molecule has 11 heteroatoms. The van der Waals surface area contributed by atoms with E-state index in [-0.39, 0.29) is 31.0 Å². The van der Waals surface area contributed by atoms with Gasteiger partial charge in [0.25, 0.3) is 0 Å². The lowest BCUT2D eigenvalue weighted by Crippen LogP contribution is -2.42. The molecule has 0 amide bonds. The van der Waals surface area contributed by atoms with Gasteiger partial charge in [0.05, 0.1) is 54.8 Å². The van der Waals surface area contributed by atoms with E-state index in [2.05, 4.69) is 9.72 Å². The van der Waals surface area contributed by atoms with Gasteiger partial charge in [-0.1, -0.05) is 23.2 Å². The van der Waals surface area contributed by atoms with Gasteiger partial charge >= 0.3 is 11.9 Å². The summed E-state index contributed by atoms with van der Waals surface area (Å²) in [5.41, 5.74) is 1.34. The van der Waals surface area contributed by atoms with Gasteiger partial charge in [-0.3, -0.25) is 4.79 Å². The third-order valence-corrected chi connectivity index (χ3v) is 6.93. The number of methoxy groups -OCH3 is 2. The maximum absolute atomic E-state index is 12.7. The molecule has 0 N–H and O–H groups in total. The molecule has 0 radical (unpaired) electrons. The van der Waals surface area contributed by atoms with Crippen molar-refractivity contribution in [1.82, 2.24) is 14.5 Å². The maximum atomic E-state index is 12.7. The molecule has 4 rings (SSSR count). The molecule has 1 fully saturated rings. The Morgan fingerprint density at radius 2 is 1.97 bits per heavy atom. The largest absolute Gasteiger partial charge is 0.469 e. The molecule has 1 aromatic carbocycles. The number of anilines is 1. The van der Waals surface area contributed by atoms with Gasteiger partial charge in [-0.2, -0.15) is 0 Å². The van der Waals surface area contributed by atoms with Crippen molar-refractivity contribution in [3.63, 3.8) is 0 Å². The van der Waals surface area contributed by atoms with Crippen LogP contribution in [-0.4, -0.2) is 66.0 Å². The van der Waals surface area contributed by atoms with E-state index in [4.69, 9.17) is 37.7 Å². The molecular formula is C24H26Cl2N4O5. The van der Waals surface area contributed by atoms with E-state index >= 15 is 0 Å². The van der Waals surface area contributed by atoms with E-state index < -0.39 is 6.04 Å². The Bertz CT molecular complexity index is 1200.